The molecule has 0 rings (SSSR count). The fourth-order valence-electron chi connectivity index (χ4n) is 1.42. The number of hydrogen-bond acceptors (Lipinski definition) is 2. The molecule has 0 fully saturated rings. The third kappa shape index (κ3) is 13.9. The van der Waals surface area contributed by atoms with Gasteiger partial charge in [0.05, 0.1) is 0 Å². The topological polar surface area (TPSA) is 21.3 Å². The van der Waals surface area contributed by atoms with Gasteiger partial charge in [-0.1, -0.05) is 40.0 Å². The molecule has 0 aliphatic carbocycles. The third-order valence-electron chi connectivity index (χ3n) is 2.41. The highest BCUT2D eigenvalue weighted by molar-refractivity contribution is 4.53. The first-order chi connectivity index (χ1) is 7.27. The van der Waals surface area contributed by atoms with E-state index in [4.69, 9.17) is 4.74 Å². The average Bonchev–Trinajstić information content (AvgIpc) is 2.20. The largest absolute Gasteiger partial charge is 0.381 e. The van der Waals surface area contributed by atoms with E-state index in [0.29, 0.717) is 6.04 Å². The molecule has 0 spiro atoms. The molecule has 0 saturated carbocycles. The molecule has 0 aliphatic heterocycles. The fraction of sp³-hybridized carbons (Fsp3) is 1.00. The normalized spacial score (nSPS) is 11.2. The predicted octanol–water partition coefficient (Wildman–Crippen LogP) is 3.36. The van der Waals surface area contributed by atoms with Crippen LogP contribution in [0.1, 0.15) is 59.3 Å². The van der Waals surface area contributed by atoms with Crippen LogP contribution in [0.5, 0.6) is 0 Å². The molecule has 2 nitrogen and oxygen atoms in total. The summed E-state index contributed by atoms with van der Waals surface area (Å²) < 4.78 is 5.50. The second-order valence-corrected chi connectivity index (χ2v) is 4.49. The Morgan fingerprint density at radius 1 is 0.933 bits per heavy atom. The third-order valence-corrected chi connectivity index (χ3v) is 2.41. The predicted molar refractivity (Wildman–Crippen MR) is 67.3 cm³/mol. The van der Waals surface area contributed by atoms with Crippen LogP contribution in [0.4, 0.5) is 0 Å². The molecule has 0 radical (unpaired) electrons. The minimum absolute atomic E-state index is 0.627. The van der Waals surface area contributed by atoms with Gasteiger partial charge in [0.2, 0.25) is 0 Å². The van der Waals surface area contributed by atoms with Gasteiger partial charge in [-0.05, 0) is 25.8 Å². The second kappa shape index (κ2) is 12.0. The standard InChI is InChI=1S/C13H29NO/c1-4-5-11-15-12-9-7-6-8-10-14-13(2)3/h13-14H,4-12H2,1-3H3. The van der Waals surface area contributed by atoms with Crippen LogP contribution >= 0.6 is 0 Å². The van der Waals surface area contributed by atoms with E-state index >= 15 is 0 Å². The van der Waals surface area contributed by atoms with E-state index in [2.05, 4.69) is 26.1 Å². The van der Waals surface area contributed by atoms with Gasteiger partial charge in [0.1, 0.15) is 0 Å². The Hall–Kier alpha value is -0.0800. The Bertz CT molecular complexity index is 115. The van der Waals surface area contributed by atoms with Crippen LogP contribution in [-0.2, 0) is 4.74 Å². The molecule has 0 bridgehead atoms. The molecule has 0 aromatic rings. The van der Waals surface area contributed by atoms with Crippen molar-refractivity contribution < 1.29 is 4.74 Å². The lowest BCUT2D eigenvalue weighted by Crippen LogP contribution is -2.23. The van der Waals surface area contributed by atoms with Gasteiger partial charge < -0.3 is 10.1 Å². The van der Waals surface area contributed by atoms with Crippen molar-refractivity contribution in [3.05, 3.63) is 0 Å². The van der Waals surface area contributed by atoms with Crippen molar-refractivity contribution in [1.29, 1.82) is 0 Å². The zero-order valence-corrected chi connectivity index (χ0v) is 10.8. The van der Waals surface area contributed by atoms with Crippen molar-refractivity contribution in [2.45, 2.75) is 65.3 Å². The minimum atomic E-state index is 0.627. The summed E-state index contributed by atoms with van der Waals surface area (Å²) in [5.74, 6) is 0. The Balaban J connectivity index is 2.87. The Labute approximate surface area is 95.8 Å². The maximum atomic E-state index is 5.50. The fourth-order valence-corrected chi connectivity index (χ4v) is 1.42. The van der Waals surface area contributed by atoms with Crippen LogP contribution in [0.2, 0.25) is 0 Å². The van der Waals surface area contributed by atoms with Crippen LogP contribution in [0.15, 0.2) is 0 Å². The summed E-state index contributed by atoms with van der Waals surface area (Å²) in [6, 6.07) is 0.627. The lowest BCUT2D eigenvalue weighted by molar-refractivity contribution is 0.127. The maximum Gasteiger partial charge on any atom is 0.0466 e. The molecular formula is C13H29NO. The first kappa shape index (κ1) is 14.9. The van der Waals surface area contributed by atoms with Crippen molar-refractivity contribution in [3.8, 4) is 0 Å². The van der Waals surface area contributed by atoms with E-state index < -0.39 is 0 Å². The van der Waals surface area contributed by atoms with Gasteiger partial charge in [-0.2, -0.15) is 0 Å². The molecule has 2 heteroatoms. The van der Waals surface area contributed by atoms with Crippen molar-refractivity contribution in [3.63, 3.8) is 0 Å². The van der Waals surface area contributed by atoms with E-state index in [9.17, 15) is 0 Å². The van der Waals surface area contributed by atoms with E-state index in [0.717, 1.165) is 19.8 Å². The summed E-state index contributed by atoms with van der Waals surface area (Å²) in [6.07, 6.45) is 7.61. The quantitative estimate of drug-likeness (QED) is 0.534. The van der Waals surface area contributed by atoms with Gasteiger partial charge in [0.25, 0.3) is 0 Å². The molecule has 0 heterocycles. The van der Waals surface area contributed by atoms with Crippen molar-refractivity contribution >= 4 is 0 Å². The molecule has 15 heavy (non-hydrogen) atoms. The van der Waals surface area contributed by atoms with E-state index in [-0.39, 0.29) is 0 Å². The highest BCUT2D eigenvalue weighted by Gasteiger charge is 1.93. The smallest absolute Gasteiger partial charge is 0.0466 e. The molecule has 0 amide bonds. The molecule has 0 saturated heterocycles. The molecule has 0 unspecified atom stereocenters. The second-order valence-electron chi connectivity index (χ2n) is 4.49. The number of ether oxygens (including phenoxy) is 1. The molecule has 1 N–H and O–H groups in total. The van der Waals surface area contributed by atoms with E-state index in [1.807, 2.05) is 0 Å². The SMILES string of the molecule is CCCCOCCCCCCNC(C)C. The molecule has 0 aromatic carbocycles. The summed E-state index contributed by atoms with van der Waals surface area (Å²) in [7, 11) is 0. The van der Waals surface area contributed by atoms with Crippen LogP contribution in [0.3, 0.4) is 0 Å². The lowest BCUT2D eigenvalue weighted by Gasteiger charge is -2.07. The Kier molecular flexibility index (Phi) is 11.9. The highest BCUT2D eigenvalue weighted by atomic mass is 16.5. The first-order valence-electron chi connectivity index (χ1n) is 6.58. The summed E-state index contributed by atoms with van der Waals surface area (Å²) in [5.41, 5.74) is 0. The van der Waals surface area contributed by atoms with Crippen LogP contribution in [0.25, 0.3) is 0 Å². The average molecular weight is 215 g/mol. The van der Waals surface area contributed by atoms with Crippen LogP contribution in [-0.4, -0.2) is 25.8 Å². The van der Waals surface area contributed by atoms with Gasteiger partial charge in [-0.3, -0.25) is 0 Å². The van der Waals surface area contributed by atoms with Crippen LogP contribution in [0, 0.1) is 0 Å². The Morgan fingerprint density at radius 2 is 1.60 bits per heavy atom. The summed E-state index contributed by atoms with van der Waals surface area (Å²) in [6.45, 7) is 9.66. The number of unbranched alkanes of at least 4 members (excludes halogenated alkanes) is 4. The minimum Gasteiger partial charge on any atom is -0.381 e. The first-order valence-corrected chi connectivity index (χ1v) is 6.58. The summed E-state index contributed by atoms with van der Waals surface area (Å²) in [4.78, 5) is 0. The van der Waals surface area contributed by atoms with E-state index in [1.165, 1.54) is 38.5 Å². The molecule has 92 valence electrons. The molecular weight excluding hydrogens is 186 g/mol. The van der Waals surface area contributed by atoms with Crippen molar-refractivity contribution in [2.75, 3.05) is 19.8 Å². The van der Waals surface area contributed by atoms with Gasteiger partial charge in [0.15, 0.2) is 0 Å². The summed E-state index contributed by atoms with van der Waals surface area (Å²) >= 11 is 0. The monoisotopic (exact) mass is 215 g/mol. The zero-order chi connectivity index (χ0) is 11.4. The number of hydrogen-bond donors (Lipinski definition) is 1. The van der Waals surface area contributed by atoms with Gasteiger partial charge in [-0.25, -0.2) is 0 Å². The van der Waals surface area contributed by atoms with Crippen molar-refractivity contribution in [1.82, 2.24) is 5.32 Å². The highest BCUT2D eigenvalue weighted by Crippen LogP contribution is 2.00. The molecule has 0 atom stereocenters. The summed E-state index contributed by atoms with van der Waals surface area (Å²) in [5, 5.41) is 3.43. The van der Waals surface area contributed by atoms with Crippen molar-refractivity contribution in [2.24, 2.45) is 0 Å². The maximum absolute atomic E-state index is 5.50. The molecule has 0 aliphatic rings. The van der Waals surface area contributed by atoms with E-state index in [1.54, 1.807) is 0 Å². The Morgan fingerprint density at radius 3 is 2.27 bits per heavy atom. The van der Waals surface area contributed by atoms with Gasteiger partial charge in [-0.15, -0.1) is 0 Å². The number of nitrogens with one attached hydrogen (secondary N) is 1. The molecule has 0 aromatic heterocycles. The van der Waals surface area contributed by atoms with Gasteiger partial charge in [0, 0.05) is 19.3 Å². The van der Waals surface area contributed by atoms with Crippen LogP contribution < -0.4 is 5.32 Å². The number of rotatable bonds is 11. The zero-order valence-electron chi connectivity index (χ0n) is 10.8. The lowest BCUT2D eigenvalue weighted by atomic mass is 10.2. The van der Waals surface area contributed by atoms with Gasteiger partial charge >= 0.3 is 0 Å².